The Morgan fingerprint density at radius 2 is 1.93 bits per heavy atom. The average molecular weight is 191 g/mol. The lowest BCUT2D eigenvalue weighted by Gasteiger charge is -1.98. The van der Waals surface area contributed by atoms with E-state index in [-0.39, 0.29) is 16.7 Å². The van der Waals surface area contributed by atoms with Gasteiger partial charge in [-0.1, -0.05) is 6.07 Å². The van der Waals surface area contributed by atoms with Crippen LogP contribution >= 0.6 is 0 Å². The fourth-order valence-electron chi connectivity index (χ4n) is 1.40. The Morgan fingerprint density at radius 1 is 1.21 bits per heavy atom. The molecule has 0 radical (unpaired) electrons. The van der Waals surface area contributed by atoms with Gasteiger partial charge in [0.05, 0.1) is 16.7 Å². The van der Waals surface area contributed by atoms with Crippen LogP contribution in [0.15, 0.2) is 18.2 Å². The van der Waals surface area contributed by atoms with Crippen LogP contribution in [0.25, 0.3) is 0 Å². The van der Waals surface area contributed by atoms with E-state index in [4.69, 9.17) is 5.11 Å². The van der Waals surface area contributed by atoms with Gasteiger partial charge in [-0.05, 0) is 12.1 Å². The molecular weight excluding hydrogens is 186 g/mol. The summed E-state index contributed by atoms with van der Waals surface area (Å²) in [4.78, 5) is 33.1. The Bertz CT molecular complexity index is 464. The number of hydrogen-bond acceptors (Lipinski definition) is 3. The molecule has 0 aliphatic carbocycles. The van der Waals surface area contributed by atoms with E-state index in [1.165, 1.54) is 18.2 Å². The standard InChI is InChI=1S/C9H5NO4/c11-7-4-2-1-3-5(9(13)14)6(4)8(12)10-7/h1-3H,(H,13,14)(H,10,11,12). The smallest absolute Gasteiger partial charge is 0.336 e. The molecule has 2 rings (SSSR count). The van der Waals surface area contributed by atoms with Crippen molar-refractivity contribution in [2.45, 2.75) is 0 Å². The van der Waals surface area contributed by atoms with Gasteiger partial charge in [0.1, 0.15) is 0 Å². The molecule has 1 aromatic carbocycles. The molecule has 0 saturated carbocycles. The van der Waals surface area contributed by atoms with E-state index in [1.807, 2.05) is 5.32 Å². The van der Waals surface area contributed by atoms with E-state index in [0.717, 1.165) is 0 Å². The highest BCUT2D eigenvalue weighted by Gasteiger charge is 2.30. The minimum atomic E-state index is -1.22. The first-order valence-corrected chi connectivity index (χ1v) is 3.83. The second-order valence-corrected chi connectivity index (χ2v) is 2.82. The van der Waals surface area contributed by atoms with Crippen LogP contribution < -0.4 is 5.32 Å². The Labute approximate surface area is 78.3 Å². The number of fused-ring (bicyclic) bond motifs is 1. The van der Waals surface area contributed by atoms with Crippen molar-refractivity contribution in [1.82, 2.24) is 5.32 Å². The SMILES string of the molecule is O=C(O)c1cccc2c1C(=O)NC2=O. The number of nitrogens with one attached hydrogen (secondary N) is 1. The molecule has 2 amide bonds. The van der Waals surface area contributed by atoms with Crippen molar-refractivity contribution in [2.75, 3.05) is 0 Å². The third-order valence-corrected chi connectivity index (χ3v) is 1.99. The third kappa shape index (κ3) is 0.990. The molecule has 0 atom stereocenters. The lowest BCUT2D eigenvalue weighted by atomic mass is 10.0. The van der Waals surface area contributed by atoms with Crippen molar-refractivity contribution in [3.05, 3.63) is 34.9 Å². The zero-order chi connectivity index (χ0) is 10.3. The third-order valence-electron chi connectivity index (χ3n) is 1.99. The van der Waals surface area contributed by atoms with E-state index in [9.17, 15) is 14.4 Å². The van der Waals surface area contributed by atoms with Crippen molar-refractivity contribution < 1.29 is 19.5 Å². The zero-order valence-corrected chi connectivity index (χ0v) is 6.90. The Hall–Kier alpha value is -2.17. The minimum Gasteiger partial charge on any atom is -0.478 e. The number of carboxylic acid groups (broad SMARTS) is 1. The quantitative estimate of drug-likeness (QED) is 0.624. The largest absolute Gasteiger partial charge is 0.478 e. The van der Waals surface area contributed by atoms with Gasteiger partial charge in [0.25, 0.3) is 11.8 Å². The summed E-state index contributed by atoms with van der Waals surface area (Å²) in [6.07, 6.45) is 0. The van der Waals surface area contributed by atoms with E-state index in [2.05, 4.69) is 0 Å². The fraction of sp³-hybridized carbons (Fsp3) is 0. The van der Waals surface area contributed by atoms with E-state index in [0.29, 0.717) is 0 Å². The molecule has 70 valence electrons. The first-order chi connectivity index (χ1) is 6.61. The molecule has 1 aliphatic heterocycles. The molecule has 14 heavy (non-hydrogen) atoms. The van der Waals surface area contributed by atoms with Crippen molar-refractivity contribution >= 4 is 17.8 Å². The van der Waals surface area contributed by atoms with Crippen LogP contribution in [0, 0.1) is 0 Å². The van der Waals surface area contributed by atoms with Gasteiger partial charge >= 0.3 is 5.97 Å². The Kier molecular flexibility index (Phi) is 1.60. The number of amides is 2. The number of imide groups is 1. The monoisotopic (exact) mass is 191 g/mol. The van der Waals surface area contributed by atoms with Crippen LogP contribution in [0.2, 0.25) is 0 Å². The van der Waals surface area contributed by atoms with Crippen molar-refractivity contribution in [2.24, 2.45) is 0 Å². The van der Waals surface area contributed by atoms with Crippen molar-refractivity contribution in [3.63, 3.8) is 0 Å². The van der Waals surface area contributed by atoms with Gasteiger partial charge in [-0.15, -0.1) is 0 Å². The Balaban J connectivity index is 2.74. The van der Waals surface area contributed by atoms with Crippen LogP contribution in [0.4, 0.5) is 0 Å². The van der Waals surface area contributed by atoms with E-state index >= 15 is 0 Å². The highest BCUT2D eigenvalue weighted by atomic mass is 16.4. The van der Waals surface area contributed by atoms with Gasteiger partial charge in [-0.3, -0.25) is 14.9 Å². The number of hydrogen-bond donors (Lipinski definition) is 2. The van der Waals surface area contributed by atoms with Gasteiger partial charge in [0.2, 0.25) is 0 Å². The van der Waals surface area contributed by atoms with Gasteiger partial charge in [0, 0.05) is 0 Å². The van der Waals surface area contributed by atoms with Crippen LogP contribution in [-0.2, 0) is 0 Å². The van der Waals surface area contributed by atoms with Gasteiger partial charge in [-0.25, -0.2) is 4.79 Å². The highest BCUT2D eigenvalue weighted by molar-refractivity contribution is 6.24. The second kappa shape index (κ2) is 2.66. The predicted molar refractivity (Wildman–Crippen MR) is 45.2 cm³/mol. The number of carbonyl (C=O) groups excluding carboxylic acids is 2. The maximum absolute atomic E-state index is 11.2. The highest BCUT2D eigenvalue weighted by Crippen LogP contribution is 2.19. The minimum absolute atomic E-state index is 0.0509. The summed E-state index contributed by atoms with van der Waals surface area (Å²) in [5, 5.41) is 10.8. The number of carbonyl (C=O) groups is 3. The molecule has 0 unspecified atom stereocenters. The molecule has 1 aliphatic rings. The van der Waals surface area contributed by atoms with Gasteiger partial charge in [-0.2, -0.15) is 0 Å². The number of aromatic carboxylic acids is 1. The summed E-state index contributed by atoms with van der Waals surface area (Å²) in [5.41, 5.74) is -0.0780. The molecule has 0 saturated heterocycles. The molecule has 1 heterocycles. The molecule has 1 aromatic rings. The predicted octanol–water partition coefficient (Wildman–Crippen LogP) is 0.268. The van der Waals surface area contributed by atoms with Crippen molar-refractivity contribution in [3.8, 4) is 0 Å². The summed E-state index contributed by atoms with van der Waals surface area (Å²) in [5.74, 6) is -2.41. The summed E-state index contributed by atoms with van der Waals surface area (Å²) in [6, 6.07) is 4.14. The van der Waals surface area contributed by atoms with Gasteiger partial charge in [0.15, 0.2) is 0 Å². The topological polar surface area (TPSA) is 83.5 Å². The van der Waals surface area contributed by atoms with Crippen LogP contribution in [-0.4, -0.2) is 22.9 Å². The fourth-order valence-corrected chi connectivity index (χ4v) is 1.40. The Morgan fingerprint density at radius 3 is 2.57 bits per heavy atom. The molecule has 5 heteroatoms. The molecule has 0 spiro atoms. The molecule has 5 nitrogen and oxygen atoms in total. The molecule has 0 bridgehead atoms. The molecule has 2 N–H and O–H groups in total. The summed E-state index contributed by atoms with van der Waals surface area (Å²) in [7, 11) is 0. The number of benzene rings is 1. The number of carboxylic acids is 1. The maximum atomic E-state index is 11.2. The van der Waals surface area contributed by atoms with Gasteiger partial charge < -0.3 is 5.11 Å². The first kappa shape index (κ1) is 8.43. The first-order valence-electron chi connectivity index (χ1n) is 3.83. The normalized spacial score (nSPS) is 13.7. The molecular formula is C9H5NO4. The molecule has 0 fully saturated rings. The van der Waals surface area contributed by atoms with Crippen LogP contribution in [0.5, 0.6) is 0 Å². The van der Waals surface area contributed by atoms with Crippen LogP contribution in [0.1, 0.15) is 31.1 Å². The lowest BCUT2D eigenvalue weighted by Crippen LogP contribution is -2.20. The summed E-state index contributed by atoms with van der Waals surface area (Å²) < 4.78 is 0. The maximum Gasteiger partial charge on any atom is 0.336 e. The average Bonchev–Trinajstić information content (AvgIpc) is 2.43. The number of rotatable bonds is 1. The summed E-state index contributed by atoms with van der Waals surface area (Å²) >= 11 is 0. The second-order valence-electron chi connectivity index (χ2n) is 2.82. The van der Waals surface area contributed by atoms with E-state index < -0.39 is 17.8 Å². The zero-order valence-electron chi connectivity index (χ0n) is 6.90. The van der Waals surface area contributed by atoms with Crippen LogP contribution in [0.3, 0.4) is 0 Å². The lowest BCUT2D eigenvalue weighted by molar-refractivity contribution is 0.0690. The van der Waals surface area contributed by atoms with E-state index in [1.54, 1.807) is 0 Å². The summed E-state index contributed by atoms with van der Waals surface area (Å²) in [6.45, 7) is 0. The molecule has 0 aromatic heterocycles. The van der Waals surface area contributed by atoms with Crippen molar-refractivity contribution in [1.29, 1.82) is 0 Å².